The number of nitrogen functional groups attached to an aromatic ring is 1. The van der Waals surface area contributed by atoms with E-state index in [4.69, 9.17) is 5.73 Å². The van der Waals surface area contributed by atoms with Gasteiger partial charge < -0.3 is 21.1 Å². The molecule has 116 valence electrons. The summed E-state index contributed by atoms with van der Waals surface area (Å²) in [5.41, 5.74) is 6.36. The van der Waals surface area contributed by atoms with Crippen molar-refractivity contribution < 1.29 is 15.3 Å². The summed E-state index contributed by atoms with van der Waals surface area (Å²) >= 11 is 0. The first-order chi connectivity index (χ1) is 11.1. The number of hydrogen-bond donors (Lipinski definition) is 4. The van der Waals surface area contributed by atoms with E-state index in [1.807, 2.05) is 6.07 Å². The third kappa shape index (κ3) is 2.55. The summed E-state index contributed by atoms with van der Waals surface area (Å²) in [6, 6.07) is 15.1. The van der Waals surface area contributed by atoms with E-state index in [1.165, 1.54) is 6.07 Å². The first-order valence-corrected chi connectivity index (χ1v) is 6.77. The number of phenols is 1. The largest absolute Gasteiger partial charge is 0.506 e. The second-order valence-electron chi connectivity index (χ2n) is 4.77. The Bertz CT molecular complexity index is 873. The number of nitrogens with two attached hydrogens (primary N) is 1. The minimum atomic E-state index is -0.342. The highest BCUT2D eigenvalue weighted by Gasteiger charge is 2.21. The van der Waals surface area contributed by atoms with Crippen molar-refractivity contribution in [3.8, 4) is 23.2 Å². The molecule has 0 bridgehead atoms. The van der Waals surface area contributed by atoms with Gasteiger partial charge in [0.2, 0.25) is 11.8 Å². The maximum atomic E-state index is 10.3. The van der Waals surface area contributed by atoms with Crippen LogP contribution in [0.15, 0.2) is 64.8 Å². The number of azo groups is 1. The molecule has 7 heteroatoms. The van der Waals surface area contributed by atoms with Gasteiger partial charge in [0.05, 0.1) is 5.69 Å². The van der Waals surface area contributed by atoms with Crippen LogP contribution < -0.4 is 5.73 Å². The Morgan fingerprint density at radius 2 is 1.43 bits per heavy atom. The number of aromatic hydroxyl groups is 3. The number of para-hydroxylation sites is 2. The summed E-state index contributed by atoms with van der Waals surface area (Å²) in [6.45, 7) is 0. The molecule has 1 aromatic heterocycles. The quantitative estimate of drug-likeness (QED) is 0.553. The number of phenolic OH excluding ortho intramolecular Hbond substituents is 1. The highest BCUT2D eigenvalue weighted by molar-refractivity contribution is 5.77. The number of nitrogens with zero attached hydrogens (tertiary/aromatic N) is 3. The summed E-state index contributed by atoms with van der Waals surface area (Å²) in [4.78, 5) is 0. The molecule has 1 heterocycles. The van der Waals surface area contributed by atoms with Gasteiger partial charge in [-0.25, -0.2) is 4.57 Å². The lowest BCUT2D eigenvalue weighted by Gasteiger charge is -2.05. The van der Waals surface area contributed by atoms with Crippen molar-refractivity contribution in [1.29, 1.82) is 0 Å². The van der Waals surface area contributed by atoms with E-state index < -0.39 is 0 Å². The van der Waals surface area contributed by atoms with Gasteiger partial charge >= 0.3 is 0 Å². The van der Waals surface area contributed by atoms with E-state index in [2.05, 4.69) is 10.2 Å². The topological polar surface area (TPSA) is 116 Å². The first-order valence-electron chi connectivity index (χ1n) is 6.77. The Morgan fingerprint density at radius 3 is 2.13 bits per heavy atom. The predicted molar refractivity (Wildman–Crippen MR) is 85.8 cm³/mol. The van der Waals surface area contributed by atoms with E-state index in [-0.39, 0.29) is 34.6 Å². The predicted octanol–water partition coefficient (Wildman–Crippen LogP) is 3.59. The van der Waals surface area contributed by atoms with Crippen LogP contribution in [-0.4, -0.2) is 19.9 Å². The van der Waals surface area contributed by atoms with E-state index in [9.17, 15) is 15.3 Å². The lowest BCUT2D eigenvalue weighted by molar-refractivity contribution is 0.404. The van der Waals surface area contributed by atoms with Crippen LogP contribution in [0.4, 0.5) is 17.1 Å². The van der Waals surface area contributed by atoms with E-state index in [1.54, 1.807) is 42.5 Å². The molecule has 0 atom stereocenters. The molecule has 3 aromatic rings. The Balaban J connectivity index is 2.07. The van der Waals surface area contributed by atoms with Crippen LogP contribution in [0.1, 0.15) is 0 Å². The normalized spacial score (nSPS) is 11.1. The molecule has 3 rings (SSSR count). The average molecular weight is 310 g/mol. The van der Waals surface area contributed by atoms with Crippen LogP contribution in [0.3, 0.4) is 0 Å². The molecule has 0 radical (unpaired) electrons. The molecule has 23 heavy (non-hydrogen) atoms. The minimum absolute atomic E-state index is 0.0546. The van der Waals surface area contributed by atoms with Gasteiger partial charge in [0.15, 0.2) is 5.69 Å². The van der Waals surface area contributed by atoms with Crippen molar-refractivity contribution in [3.63, 3.8) is 0 Å². The third-order valence-corrected chi connectivity index (χ3v) is 3.29. The highest BCUT2D eigenvalue weighted by atomic mass is 16.3. The smallest absolute Gasteiger partial charge is 0.229 e. The fourth-order valence-electron chi connectivity index (χ4n) is 2.13. The molecule has 0 fully saturated rings. The van der Waals surface area contributed by atoms with Crippen LogP contribution in [0, 0.1) is 0 Å². The molecular formula is C16H14N4O3. The molecule has 0 saturated heterocycles. The number of anilines is 1. The first kappa shape index (κ1) is 14.5. The fraction of sp³-hybridized carbons (Fsp3) is 0. The Morgan fingerprint density at radius 1 is 0.783 bits per heavy atom. The van der Waals surface area contributed by atoms with Gasteiger partial charge in [-0.2, -0.15) is 0 Å². The van der Waals surface area contributed by atoms with Crippen LogP contribution in [0.2, 0.25) is 0 Å². The summed E-state index contributed by atoms with van der Waals surface area (Å²) in [6.07, 6.45) is 0. The number of aromatic nitrogens is 1. The molecule has 0 aliphatic rings. The molecule has 0 saturated carbocycles. The molecule has 5 N–H and O–H groups in total. The van der Waals surface area contributed by atoms with Crippen molar-refractivity contribution in [3.05, 3.63) is 54.6 Å². The van der Waals surface area contributed by atoms with Gasteiger partial charge in [0.1, 0.15) is 17.1 Å². The Labute approximate surface area is 131 Å². The summed E-state index contributed by atoms with van der Waals surface area (Å²) < 4.78 is 1.16. The minimum Gasteiger partial charge on any atom is -0.506 e. The number of benzene rings is 2. The zero-order chi connectivity index (χ0) is 16.4. The second kappa shape index (κ2) is 5.72. The summed E-state index contributed by atoms with van der Waals surface area (Å²) in [5, 5.41) is 37.8. The van der Waals surface area contributed by atoms with E-state index in [0.717, 1.165) is 4.57 Å². The Hall–Kier alpha value is -3.48. The fourth-order valence-corrected chi connectivity index (χ4v) is 2.13. The maximum Gasteiger partial charge on any atom is 0.229 e. The SMILES string of the molecule is Nc1c(N=Nc2ccccc2O)c(O)n(-c2ccccc2)c1O. The molecular weight excluding hydrogens is 296 g/mol. The second-order valence-corrected chi connectivity index (χ2v) is 4.77. The van der Waals surface area contributed by atoms with Gasteiger partial charge in [-0.15, -0.1) is 10.2 Å². The highest BCUT2D eigenvalue weighted by Crippen LogP contribution is 2.45. The zero-order valence-electron chi connectivity index (χ0n) is 12.0. The maximum absolute atomic E-state index is 10.3. The lowest BCUT2D eigenvalue weighted by Crippen LogP contribution is -1.92. The Kier molecular flexibility index (Phi) is 3.60. The van der Waals surface area contributed by atoms with Gasteiger partial charge in [-0.3, -0.25) is 0 Å². The van der Waals surface area contributed by atoms with Crippen LogP contribution in [0.5, 0.6) is 17.5 Å². The van der Waals surface area contributed by atoms with Crippen molar-refractivity contribution in [1.82, 2.24) is 4.57 Å². The van der Waals surface area contributed by atoms with E-state index >= 15 is 0 Å². The van der Waals surface area contributed by atoms with Crippen molar-refractivity contribution >= 4 is 17.1 Å². The van der Waals surface area contributed by atoms with Gasteiger partial charge in [-0.05, 0) is 24.3 Å². The van der Waals surface area contributed by atoms with Crippen molar-refractivity contribution in [2.45, 2.75) is 0 Å². The number of rotatable bonds is 3. The average Bonchev–Trinajstić information content (AvgIpc) is 2.78. The van der Waals surface area contributed by atoms with Crippen LogP contribution >= 0.6 is 0 Å². The monoisotopic (exact) mass is 310 g/mol. The number of hydrogen-bond acceptors (Lipinski definition) is 6. The molecule has 0 aliphatic carbocycles. The molecule has 0 unspecified atom stereocenters. The van der Waals surface area contributed by atoms with Gasteiger partial charge in [0.25, 0.3) is 0 Å². The summed E-state index contributed by atoms with van der Waals surface area (Å²) in [5.74, 6) is -0.730. The molecule has 0 spiro atoms. The summed E-state index contributed by atoms with van der Waals surface area (Å²) in [7, 11) is 0. The molecule has 0 aliphatic heterocycles. The standard InChI is InChI=1S/C16H14N4O3/c17-13-14(19-18-11-8-4-5-9-12(11)21)16(23)20(15(13)22)10-6-2-1-3-7-10/h1-9,21-23H,17H2. The lowest BCUT2D eigenvalue weighted by atomic mass is 10.3. The van der Waals surface area contributed by atoms with E-state index in [0.29, 0.717) is 5.69 Å². The van der Waals surface area contributed by atoms with Crippen molar-refractivity contribution in [2.75, 3.05) is 5.73 Å². The van der Waals surface area contributed by atoms with Gasteiger partial charge in [-0.1, -0.05) is 30.3 Å². The molecule has 7 nitrogen and oxygen atoms in total. The molecule has 2 aromatic carbocycles. The van der Waals surface area contributed by atoms with Crippen molar-refractivity contribution in [2.24, 2.45) is 10.2 Å². The zero-order valence-corrected chi connectivity index (χ0v) is 12.0. The van der Waals surface area contributed by atoms with Crippen LogP contribution in [0.25, 0.3) is 5.69 Å². The third-order valence-electron chi connectivity index (χ3n) is 3.29. The van der Waals surface area contributed by atoms with Crippen LogP contribution in [-0.2, 0) is 0 Å². The molecule has 0 amide bonds. The van der Waals surface area contributed by atoms with Gasteiger partial charge in [0, 0.05) is 0 Å².